The number of unbranched alkanes of at least 4 members (excludes halogenated alkanes) is 1. The Balaban J connectivity index is 1.76. The van der Waals surface area contributed by atoms with Crippen molar-refractivity contribution < 1.29 is 23.8 Å². The minimum absolute atomic E-state index is 0.0541. The van der Waals surface area contributed by atoms with E-state index >= 15 is 0 Å². The van der Waals surface area contributed by atoms with Crippen molar-refractivity contribution in [2.75, 3.05) is 6.61 Å². The highest BCUT2D eigenvalue weighted by atomic mass is 16.5. The monoisotopic (exact) mass is 431 g/mol. The highest BCUT2D eigenvalue weighted by molar-refractivity contribution is 6.46. The van der Waals surface area contributed by atoms with Crippen molar-refractivity contribution in [3.8, 4) is 5.75 Å². The van der Waals surface area contributed by atoms with Crippen LogP contribution in [-0.4, -0.2) is 28.3 Å². The van der Waals surface area contributed by atoms with E-state index < -0.39 is 17.7 Å². The number of aliphatic hydroxyl groups excluding tert-OH is 1. The Morgan fingerprint density at radius 3 is 2.59 bits per heavy atom. The molecule has 6 nitrogen and oxygen atoms in total. The summed E-state index contributed by atoms with van der Waals surface area (Å²) >= 11 is 0. The van der Waals surface area contributed by atoms with E-state index in [1.807, 2.05) is 30.3 Å². The average Bonchev–Trinajstić information content (AvgIpc) is 3.42. The molecule has 1 amide bonds. The van der Waals surface area contributed by atoms with E-state index in [0.717, 1.165) is 18.4 Å². The van der Waals surface area contributed by atoms with E-state index in [9.17, 15) is 14.7 Å². The second-order valence-corrected chi connectivity index (χ2v) is 7.65. The van der Waals surface area contributed by atoms with Crippen LogP contribution in [0.4, 0.5) is 0 Å². The molecule has 4 rings (SSSR count). The number of amides is 1. The standard InChI is InChI=1S/C26H25NO5/c1-2-3-14-31-20-12-7-11-19(16-20)24(28)22-23(18-9-5-4-6-10-18)27(26(30)25(22)29)17-21-13-8-15-32-21/h4-13,15-16,23,28H,2-3,14,17H2,1H3. The summed E-state index contributed by atoms with van der Waals surface area (Å²) in [4.78, 5) is 27.5. The van der Waals surface area contributed by atoms with E-state index in [1.54, 1.807) is 36.4 Å². The molecule has 1 aliphatic rings. The minimum Gasteiger partial charge on any atom is -0.507 e. The van der Waals surface area contributed by atoms with E-state index in [2.05, 4.69) is 6.92 Å². The van der Waals surface area contributed by atoms with Gasteiger partial charge in [-0.05, 0) is 36.2 Å². The van der Waals surface area contributed by atoms with Gasteiger partial charge >= 0.3 is 0 Å². The normalized spacial score (nSPS) is 17.7. The summed E-state index contributed by atoms with van der Waals surface area (Å²) in [7, 11) is 0. The van der Waals surface area contributed by atoms with Gasteiger partial charge in [-0.2, -0.15) is 0 Å². The number of ketones is 1. The topological polar surface area (TPSA) is 80.0 Å². The van der Waals surface area contributed by atoms with E-state index in [1.165, 1.54) is 11.2 Å². The zero-order chi connectivity index (χ0) is 22.5. The molecule has 0 aliphatic carbocycles. The summed E-state index contributed by atoms with van der Waals surface area (Å²) in [5.74, 6) is -0.463. The SMILES string of the molecule is CCCCOc1cccc(C(O)=C2C(=O)C(=O)N(Cc3ccco3)C2c2ccccc2)c1. The maximum absolute atomic E-state index is 13.1. The molecular formula is C26H25NO5. The van der Waals surface area contributed by atoms with Gasteiger partial charge in [0.05, 0.1) is 31.0 Å². The predicted molar refractivity (Wildman–Crippen MR) is 120 cm³/mol. The van der Waals surface area contributed by atoms with Gasteiger partial charge in [0.1, 0.15) is 17.3 Å². The first kappa shape index (κ1) is 21.4. The fourth-order valence-corrected chi connectivity index (χ4v) is 3.82. The Kier molecular flexibility index (Phi) is 6.40. The molecule has 0 saturated carbocycles. The van der Waals surface area contributed by atoms with Crippen LogP contribution in [0, 0.1) is 0 Å². The van der Waals surface area contributed by atoms with Crippen LogP contribution in [0.15, 0.2) is 83.0 Å². The van der Waals surface area contributed by atoms with E-state index in [-0.39, 0.29) is 17.9 Å². The maximum Gasteiger partial charge on any atom is 0.296 e. The average molecular weight is 431 g/mol. The van der Waals surface area contributed by atoms with Crippen LogP contribution in [0.1, 0.15) is 42.7 Å². The molecule has 0 spiro atoms. The zero-order valence-corrected chi connectivity index (χ0v) is 17.9. The molecule has 1 atom stereocenters. The quantitative estimate of drug-likeness (QED) is 0.233. The molecule has 1 fully saturated rings. The molecule has 2 heterocycles. The van der Waals surface area contributed by atoms with Crippen molar-refractivity contribution in [1.29, 1.82) is 0 Å². The smallest absolute Gasteiger partial charge is 0.296 e. The van der Waals surface area contributed by atoms with Crippen molar-refractivity contribution in [2.45, 2.75) is 32.4 Å². The Hall–Kier alpha value is -3.80. The molecule has 1 aromatic heterocycles. The third-order valence-electron chi connectivity index (χ3n) is 5.44. The molecule has 0 bridgehead atoms. The summed E-state index contributed by atoms with van der Waals surface area (Å²) < 4.78 is 11.1. The summed E-state index contributed by atoms with van der Waals surface area (Å²) in [5.41, 5.74) is 1.21. The van der Waals surface area contributed by atoms with Gasteiger partial charge in [0.2, 0.25) is 0 Å². The van der Waals surface area contributed by atoms with Gasteiger partial charge < -0.3 is 19.2 Å². The lowest BCUT2D eigenvalue weighted by Gasteiger charge is -2.24. The summed E-state index contributed by atoms with van der Waals surface area (Å²) in [6.45, 7) is 2.77. The number of hydrogen-bond donors (Lipinski definition) is 1. The van der Waals surface area contributed by atoms with Crippen molar-refractivity contribution in [3.63, 3.8) is 0 Å². The van der Waals surface area contributed by atoms with E-state index in [0.29, 0.717) is 23.7 Å². The Morgan fingerprint density at radius 1 is 1.06 bits per heavy atom. The van der Waals surface area contributed by atoms with Gasteiger partial charge in [-0.15, -0.1) is 0 Å². The fraction of sp³-hybridized carbons (Fsp3) is 0.231. The first-order chi connectivity index (χ1) is 15.6. The Labute approximate surface area is 186 Å². The number of furan rings is 1. The number of likely N-dealkylation sites (tertiary alicyclic amines) is 1. The molecule has 0 radical (unpaired) electrons. The maximum atomic E-state index is 13.1. The van der Waals surface area contributed by atoms with Crippen LogP contribution in [0.25, 0.3) is 5.76 Å². The van der Waals surface area contributed by atoms with Crippen molar-refractivity contribution in [3.05, 3.63) is 95.5 Å². The number of hydrogen-bond acceptors (Lipinski definition) is 5. The lowest BCUT2D eigenvalue weighted by atomic mass is 9.95. The van der Waals surface area contributed by atoms with E-state index in [4.69, 9.17) is 9.15 Å². The lowest BCUT2D eigenvalue weighted by Crippen LogP contribution is -2.29. The number of Topliss-reactive ketones (excluding diaryl/α,β-unsaturated/α-hetero) is 1. The van der Waals surface area contributed by atoms with Gasteiger partial charge in [-0.3, -0.25) is 9.59 Å². The fourth-order valence-electron chi connectivity index (χ4n) is 3.82. The number of carbonyl (C=O) groups is 2. The van der Waals surface area contributed by atoms with Gasteiger partial charge in [0, 0.05) is 5.56 Å². The Morgan fingerprint density at radius 2 is 1.88 bits per heavy atom. The molecule has 1 unspecified atom stereocenters. The molecule has 6 heteroatoms. The third-order valence-corrected chi connectivity index (χ3v) is 5.44. The molecule has 3 aromatic rings. The van der Waals surface area contributed by atoms with Crippen molar-refractivity contribution in [1.82, 2.24) is 4.90 Å². The lowest BCUT2D eigenvalue weighted by molar-refractivity contribution is -0.140. The number of benzene rings is 2. The highest BCUT2D eigenvalue weighted by Gasteiger charge is 2.46. The second-order valence-electron chi connectivity index (χ2n) is 7.65. The molecule has 1 N–H and O–H groups in total. The zero-order valence-electron chi connectivity index (χ0n) is 17.9. The molecule has 1 saturated heterocycles. The number of ether oxygens (including phenoxy) is 1. The van der Waals surface area contributed by atoms with Crippen LogP contribution in [0.5, 0.6) is 5.75 Å². The molecule has 32 heavy (non-hydrogen) atoms. The number of rotatable bonds is 8. The minimum atomic E-state index is -0.731. The van der Waals surface area contributed by atoms with Crippen molar-refractivity contribution in [2.24, 2.45) is 0 Å². The van der Waals surface area contributed by atoms with Gasteiger partial charge in [0.15, 0.2) is 0 Å². The molecule has 164 valence electrons. The number of nitrogens with zero attached hydrogens (tertiary/aromatic N) is 1. The first-order valence-corrected chi connectivity index (χ1v) is 10.7. The van der Waals surface area contributed by atoms with Crippen LogP contribution in [0.2, 0.25) is 0 Å². The number of aliphatic hydroxyl groups is 1. The van der Waals surface area contributed by atoms with Crippen LogP contribution >= 0.6 is 0 Å². The third kappa shape index (κ3) is 4.30. The molecular weight excluding hydrogens is 406 g/mol. The van der Waals surface area contributed by atoms with Crippen LogP contribution in [-0.2, 0) is 16.1 Å². The van der Waals surface area contributed by atoms with Crippen LogP contribution in [0.3, 0.4) is 0 Å². The Bertz CT molecular complexity index is 1120. The van der Waals surface area contributed by atoms with Crippen LogP contribution < -0.4 is 4.74 Å². The summed E-state index contributed by atoms with van der Waals surface area (Å²) in [6, 6.07) is 18.9. The highest BCUT2D eigenvalue weighted by Crippen LogP contribution is 2.40. The predicted octanol–water partition coefficient (Wildman–Crippen LogP) is 5.08. The van der Waals surface area contributed by atoms with Gasteiger partial charge in [-0.1, -0.05) is 55.8 Å². The summed E-state index contributed by atoms with van der Waals surface area (Å²) in [6.07, 6.45) is 3.45. The van der Waals surface area contributed by atoms with Gasteiger partial charge in [-0.25, -0.2) is 0 Å². The molecule has 2 aromatic carbocycles. The first-order valence-electron chi connectivity index (χ1n) is 10.7. The largest absolute Gasteiger partial charge is 0.507 e. The molecule has 1 aliphatic heterocycles. The van der Waals surface area contributed by atoms with Gasteiger partial charge in [0.25, 0.3) is 11.7 Å². The van der Waals surface area contributed by atoms with Crippen molar-refractivity contribution >= 4 is 17.4 Å². The number of carbonyl (C=O) groups excluding carboxylic acids is 2. The second kappa shape index (κ2) is 9.56. The summed E-state index contributed by atoms with van der Waals surface area (Å²) in [5, 5.41) is 11.2.